The summed E-state index contributed by atoms with van der Waals surface area (Å²) in [5.74, 6) is -0.431. The van der Waals surface area contributed by atoms with Gasteiger partial charge in [0, 0.05) is 28.7 Å². The fourth-order valence-corrected chi connectivity index (χ4v) is 2.98. The van der Waals surface area contributed by atoms with Crippen LogP contribution >= 0.6 is 11.8 Å². The average Bonchev–Trinajstić information content (AvgIpc) is 2.27. The quantitative estimate of drug-likeness (QED) is 0.740. The summed E-state index contributed by atoms with van der Waals surface area (Å²) in [6.07, 6.45) is 0.764. The lowest BCUT2D eigenvalue weighted by Gasteiger charge is -2.14. The van der Waals surface area contributed by atoms with Gasteiger partial charge in [0.25, 0.3) is 0 Å². The Kier molecular flexibility index (Phi) is 2.98. The summed E-state index contributed by atoms with van der Waals surface area (Å²) in [6.45, 7) is 2.06. The van der Waals surface area contributed by atoms with Gasteiger partial charge in [-0.3, -0.25) is 0 Å². The predicted octanol–water partition coefficient (Wildman–Crippen LogP) is 2.99. The summed E-state index contributed by atoms with van der Waals surface area (Å²) in [5, 5.41) is 0.384. The highest BCUT2D eigenvalue weighted by Gasteiger charge is 2.23. The van der Waals surface area contributed by atoms with Gasteiger partial charge >= 0.3 is 0 Å². The number of thioether (sulfide) groups is 1. The van der Waals surface area contributed by atoms with E-state index in [0.717, 1.165) is 12.5 Å². The molecule has 0 fully saturated rings. The van der Waals surface area contributed by atoms with Gasteiger partial charge in [-0.1, -0.05) is 6.92 Å². The molecule has 0 bridgehead atoms. The first kappa shape index (κ1) is 10.9. The maximum atomic E-state index is 13.5. The van der Waals surface area contributed by atoms with Crippen molar-refractivity contribution in [2.45, 2.75) is 30.4 Å². The van der Waals surface area contributed by atoms with Crippen molar-refractivity contribution >= 4 is 11.8 Å². The van der Waals surface area contributed by atoms with Crippen molar-refractivity contribution in [2.24, 2.45) is 5.73 Å². The third kappa shape index (κ3) is 2.16. The van der Waals surface area contributed by atoms with Gasteiger partial charge in [0.2, 0.25) is 0 Å². The van der Waals surface area contributed by atoms with E-state index in [1.54, 1.807) is 11.8 Å². The highest BCUT2D eigenvalue weighted by Crippen LogP contribution is 2.35. The molecule has 0 aliphatic carbocycles. The highest BCUT2D eigenvalue weighted by molar-refractivity contribution is 7.99. The van der Waals surface area contributed by atoms with Gasteiger partial charge in [-0.05, 0) is 18.1 Å². The molecule has 2 N–H and O–H groups in total. The van der Waals surface area contributed by atoms with Crippen LogP contribution in [0.5, 0.6) is 0 Å². The summed E-state index contributed by atoms with van der Waals surface area (Å²) < 4.78 is 26.6. The fourth-order valence-electron chi connectivity index (χ4n) is 1.88. The van der Waals surface area contributed by atoms with Gasteiger partial charge in [0.1, 0.15) is 11.6 Å². The number of halogens is 2. The third-order valence-corrected chi connectivity index (χ3v) is 3.91. The van der Waals surface area contributed by atoms with Gasteiger partial charge in [0.15, 0.2) is 0 Å². The van der Waals surface area contributed by atoms with Gasteiger partial charge < -0.3 is 5.73 Å². The van der Waals surface area contributed by atoms with Crippen LogP contribution in [0.2, 0.25) is 0 Å². The van der Waals surface area contributed by atoms with Crippen molar-refractivity contribution in [2.75, 3.05) is 0 Å². The Morgan fingerprint density at radius 2 is 2.13 bits per heavy atom. The first-order valence-corrected chi connectivity index (χ1v) is 5.98. The molecule has 0 spiro atoms. The van der Waals surface area contributed by atoms with Gasteiger partial charge in [-0.15, -0.1) is 0 Å². The molecule has 2 atom stereocenters. The number of benzene rings is 1. The number of fused-ring (bicyclic) bond motifs is 1. The van der Waals surface area contributed by atoms with E-state index < -0.39 is 11.6 Å². The van der Waals surface area contributed by atoms with Crippen molar-refractivity contribution in [3.05, 3.63) is 34.9 Å². The molecule has 2 unspecified atom stereocenters. The number of rotatable bonds is 0. The van der Waals surface area contributed by atoms with Crippen LogP contribution in [0.3, 0.4) is 0 Å². The van der Waals surface area contributed by atoms with E-state index in [-0.39, 0.29) is 6.04 Å². The van der Waals surface area contributed by atoms with E-state index in [9.17, 15) is 8.78 Å². The van der Waals surface area contributed by atoms with Crippen LogP contribution in [0, 0.1) is 11.6 Å². The summed E-state index contributed by atoms with van der Waals surface area (Å²) in [6, 6.07) is 2.04. The highest BCUT2D eigenvalue weighted by atomic mass is 32.2. The van der Waals surface area contributed by atoms with Crippen LogP contribution in [-0.4, -0.2) is 5.25 Å². The molecule has 0 saturated carbocycles. The maximum Gasteiger partial charge on any atom is 0.130 e. The molecule has 15 heavy (non-hydrogen) atoms. The Labute approximate surface area is 92.0 Å². The van der Waals surface area contributed by atoms with E-state index >= 15 is 0 Å². The van der Waals surface area contributed by atoms with E-state index in [2.05, 4.69) is 6.92 Å². The third-order valence-electron chi connectivity index (χ3n) is 2.69. The van der Waals surface area contributed by atoms with Crippen LogP contribution in [0.15, 0.2) is 12.1 Å². The zero-order valence-corrected chi connectivity index (χ0v) is 9.28. The van der Waals surface area contributed by atoms with E-state index in [1.807, 2.05) is 0 Å². The predicted molar refractivity (Wildman–Crippen MR) is 58.7 cm³/mol. The molecule has 1 aromatic carbocycles. The summed E-state index contributed by atoms with van der Waals surface area (Å²) in [7, 11) is 0. The fraction of sp³-hybridized carbons (Fsp3) is 0.455. The minimum absolute atomic E-state index is 0.254. The molecular formula is C11H13F2NS. The molecule has 1 heterocycles. The van der Waals surface area contributed by atoms with E-state index in [4.69, 9.17) is 5.73 Å². The van der Waals surface area contributed by atoms with Crippen LogP contribution in [0.4, 0.5) is 8.78 Å². The largest absolute Gasteiger partial charge is 0.324 e. The molecule has 0 radical (unpaired) electrons. The van der Waals surface area contributed by atoms with Gasteiger partial charge in [0.05, 0.1) is 0 Å². The Balaban J connectivity index is 2.48. The molecule has 0 aromatic heterocycles. The molecular weight excluding hydrogens is 216 g/mol. The first-order chi connectivity index (χ1) is 7.08. The minimum Gasteiger partial charge on any atom is -0.324 e. The first-order valence-electron chi connectivity index (χ1n) is 4.93. The van der Waals surface area contributed by atoms with Crippen LogP contribution < -0.4 is 5.73 Å². The zero-order chi connectivity index (χ0) is 11.0. The lowest BCUT2D eigenvalue weighted by atomic mass is 9.98. The monoisotopic (exact) mass is 229 g/mol. The second-order valence-corrected chi connectivity index (χ2v) is 5.35. The molecule has 4 heteroatoms. The molecule has 1 aliphatic rings. The van der Waals surface area contributed by atoms with Crippen LogP contribution in [0.1, 0.15) is 30.5 Å². The summed E-state index contributed by atoms with van der Waals surface area (Å²) in [5.41, 5.74) is 7.12. The minimum atomic E-state index is -0.541. The van der Waals surface area contributed by atoms with Crippen LogP contribution in [-0.2, 0) is 5.75 Å². The van der Waals surface area contributed by atoms with Crippen LogP contribution in [0.25, 0.3) is 0 Å². The van der Waals surface area contributed by atoms with Crippen molar-refractivity contribution in [3.63, 3.8) is 0 Å². The van der Waals surface area contributed by atoms with Crippen molar-refractivity contribution in [3.8, 4) is 0 Å². The standard InChI is InChI=1S/C11H13F2NS/c1-6-2-11(14)8-3-7(12)4-10(13)9(8)5-15-6/h3-4,6,11H,2,5,14H2,1H3. The summed E-state index contributed by atoms with van der Waals surface area (Å²) in [4.78, 5) is 0. The Morgan fingerprint density at radius 1 is 1.40 bits per heavy atom. The Bertz CT molecular complexity index is 381. The SMILES string of the molecule is CC1CC(N)c2cc(F)cc(F)c2CS1. The van der Waals surface area contributed by atoms with E-state index in [1.165, 1.54) is 6.07 Å². The second kappa shape index (κ2) is 4.10. The van der Waals surface area contributed by atoms with Gasteiger partial charge in [-0.25, -0.2) is 8.78 Å². The summed E-state index contributed by atoms with van der Waals surface area (Å²) >= 11 is 1.66. The Hall–Kier alpha value is -0.610. The van der Waals surface area contributed by atoms with E-state index in [0.29, 0.717) is 22.1 Å². The second-order valence-electron chi connectivity index (χ2n) is 3.92. The van der Waals surface area contributed by atoms with Gasteiger partial charge in [-0.2, -0.15) is 11.8 Å². The topological polar surface area (TPSA) is 26.0 Å². The number of nitrogens with two attached hydrogens (primary N) is 1. The lowest BCUT2D eigenvalue weighted by Crippen LogP contribution is -2.14. The zero-order valence-electron chi connectivity index (χ0n) is 8.47. The molecule has 2 rings (SSSR count). The lowest BCUT2D eigenvalue weighted by molar-refractivity contribution is 0.561. The number of hydrogen-bond donors (Lipinski definition) is 1. The molecule has 1 nitrogen and oxygen atoms in total. The van der Waals surface area contributed by atoms with Crippen molar-refractivity contribution in [1.29, 1.82) is 0 Å². The molecule has 1 aromatic rings. The normalized spacial score (nSPS) is 25.9. The molecule has 82 valence electrons. The maximum absolute atomic E-state index is 13.5. The number of hydrogen-bond acceptors (Lipinski definition) is 2. The molecule has 0 amide bonds. The van der Waals surface area contributed by atoms with Crippen molar-refractivity contribution < 1.29 is 8.78 Å². The average molecular weight is 229 g/mol. The molecule has 0 saturated heterocycles. The van der Waals surface area contributed by atoms with Crippen molar-refractivity contribution in [1.82, 2.24) is 0 Å². The Morgan fingerprint density at radius 3 is 2.87 bits per heavy atom. The smallest absolute Gasteiger partial charge is 0.130 e. The molecule has 1 aliphatic heterocycles.